The van der Waals surface area contributed by atoms with Crippen molar-refractivity contribution in [2.45, 2.75) is 27.3 Å². The van der Waals surface area contributed by atoms with Gasteiger partial charge < -0.3 is 20.1 Å². The molecule has 2 aromatic rings. The molecule has 0 radical (unpaired) electrons. The maximum atomic E-state index is 12.5. The van der Waals surface area contributed by atoms with Crippen molar-refractivity contribution in [3.05, 3.63) is 75.7 Å². The molecular weight excluding hydrogens is 374 g/mol. The number of allylic oxidation sites excluding steroid dienone is 1. The second-order valence-corrected chi connectivity index (χ2v) is 6.72. The Bertz CT molecular complexity index is 1030. The predicted octanol–water partition coefficient (Wildman–Crippen LogP) is 4.07. The van der Waals surface area contributed by atoms with Crippen LogP contribution < -0.4 is 10.3 Å². The normalized spacial score (nSPS) is 9.93. The Labute approximate surface area is 178 Å². The minimum Gasteiger partial charge on any atom is -0.487 e. The number of pyridine rings is 1. The van der Waals surface area contributed by atoms with Crippen molar-refractivity contribution >= 4 is 11.9 Å². The Kier molecular flexibility index (Phi) is 10.2. The molecule has 0 atom stereocenters. The fourth-order valence-electron chi connectivity index (χ4n) is 2.46. The first kappa shape index (κ1) is 24.2. The van der Waals surface area contributed by atoms with E-state index < -0.39 is 0 Å². The molecule has 0 amide bonds. The number of aromatic nitrogens is 1. The Balaban J connectivity index is 0.00000218. The van der Waals surface area contributed by atoms with Crippen LogP contribution in [0.25, 0.3) is 0 Å². The van der Waals surface area contributed by atoms with E-state index in [1.54, 1.807) is 10.6 Å². The molecular formula is C25H27N3O2. The lowest BCUT2D eigenvalue weighted by molar-refractivity contribution is 0.374. The molecule has 0 spiro atoms. The zero-order valence-corrected chi connectivity index (χ0v) is 17.6. The maximum absolute atomic E-state index is 12.5. The van der Waals surface area contributed by atoms with E-state index in [0.29, 0.717) is 18.2 Å². The summed E-state index contributed by atoms with van der Waals surface area (Å²) in [5.41, 5.74) is 2.84. The number of hydrogen-bond acceptors (Lipinski definition) is 4. The van der Waals surface area contributed by atoms with Crippen LogP contribution in [0.1, 0.15) is 30.7 Å². The van der Waals surface area contributed by atoms with Crippen LogP contribution in [0, 0.1) is 48.3 Å². The van der Waals surface area contributed by atoms with Gasteiger partial charge in [-0.1, -0.05) is 37.8 Å². The quantitative estimate of drug-likeness (QED) is 0.542. The van der Waals surface area contributed by atoms with Crippen molar-refractivity contribution < 1.29 is 4.74 Å². The fourth-order valence-corrected chi connectivity index (χ4v) is 2.46. The van der Waals surface area contributed by atoms with Gasteiger partial charge in [-0.25, -0.2) is 0 Å². The number of rotatable bonds is 7. The molecule has 5 heteroatoms. The molecule has 0 unspecified atom stereocenters. The van der Waals surface area contributed by atoms with Crippen molar-refractivity contribution in [3.8, 4) is 30.4 Å². The van der Waals surface area contributed by atoms with Crippen molar-refractivity contribution in [1.29, 1.82) is 10.8 Å². The summed E-state index contributed by atoms with van der Waals surface area (Å²) in [4.78, 5) is 12.5. The number of terminal acetylenes is 1. The van der Waals surface area contributed by atoms with E-state index >= 15 is 0 Å². The lowest BCUT2D eigenvalue weighted by Gasteiger charge is -2.12. The van der Waals surface area contributed by atoms with Crippen LogP contribution in [0.15, 0.2) is 53.3 Å². The van der Waals surface area contributed by atoms with Gasteiger partial charge in [0.25, 0.3) is 5.56 Å². The standard InChI is InChI=1S/C23H25N3O2.C2H2/c1-17(2)6-7-19-8-10-20(11-9-19)15-26-18(3)13-22(14-23(26)27)28-16-21(25)5-4-12-24;1-2/h4-5,8-14,17,24-25H,15-16H2,1-3H3;1-2H/b5-4-,24-12?,25-21?;. The monoisotopic (exact) mass is 401 g/mol. The highest BCUT2D eigenvalue weighted by molar-refractivity contribution is 5.96. The number of hydrogen-bond donors (Lipinski definition) is 2. The van der Waals surface area contributed by atoms with Crippen molar-refractivity contribution in [3.63, 3.8) is 0 Å². The summed E-state index contributed by atoms with van der Waals surface area (Å²) < 4.78 is 7.20. The Morgan fingerprint density at radius 2 is 1.90 bits per heavy atom. The molecule has 5 nitrogen and oxygen atoms in total. The number of benzene rings is 1. The lowest BCUT2D eigenvalue weighted by atomic mass is 10.1. The van der Waals surface area contributed by atoms with Gasteiger partial charge in [-0.3, -0.25) is 4.79 Å². The molecule has 0 aliphatic heterocycles. The van der Waals surface area contributed by atoms with Crippen LogP contribution in [0.5, 0.6) is 5.75 Å². The second-order valence-electron chi connectivity index (χ2n) is 6.72. The van der Waals surface area contributed by atoms with Gasteiger partial charge in [0, 0.05) is 29.5 Å². The van der Waals surface area contributed by atoms with E-state index in [4.69, 9.17) is 15.6 Å². The maximum Gasteiger partial charge on any atom is 0.254 e. The van der Waals surface area contributed by atoms with E-state index in [1.165, 1.54) is 18.2 Å². The van der Waals surface area contributed by atoms with Crippen molar-refractivity contribution in [2.24, 2.45) is 5.92 Å². The largest absolute Gasteiger partial charge is 0.487 e. The van der Waals surface area contributed by atoms with E-state index in [1.807, 2.05) is 31.2 Å². The Morgan fingerprint density at radius 3 is 2.47 bits per heavy atom. The zero-order valence-electron chi connectivity index (χ0n) is 17.6. The third kappa shape index (κ3) is 8.04. The summed E-state index contributed by atoms with van der Waals surface area (Å²) in [6.07, 6.45) is 12.0. The summed E-state index contributed by atoms with van der Waals surface area (Å²) >= 11 is 0. The van der Waals surface area contributed by atoms with Gasteiger partial charge in [0.15, 0.2) is 0 Å². The predicted molar refractivity (Wildman–Crippen MR) is 124 cm³/mol. The molecule has 0 saturated carbocycles. The highest BCUT2D eigenvalue weighted by Gasteiger charge is 2.06. The zero-order chi connectivity index (χ0) is 22.5. The van der Waals surface area contributed by atoms with Crippen LogP contribution in [-0.2, 0) is 6.54 Å². The third-order valence-electron chi connectivity index (χ3n) is 3.90. The smallest absolute Gasteiger partial charge is 0.254 e. The highest BCUT2D eigenvalue weighted by atomic mass is 16.5. The first-order valence-corrected chi connectivity index (χ1v) is 9.41. The molecule has 2 N–H and O–H groups in total. The topological polar surface area (TPSA) is 78.9 Å². The average molecular weight is 402 g/mol. The molecule has 0 saturated heterocycles. The molecule has 30 heavy (non-hydrogen) atoms. The Hall–Kier alpha value is -3.83. The van der Waals surface area contributed by atoms with Crippen LogP contribution in [0.4, 0.5) is 0 Å². The number of nitrogens with one attached hydrogen (secondary N) is 2. The summed E-state index contributed by atoms with van der Waals surface area (Å²) in [5, 5.41) is 14.6. The number of aryl methyl sites for hydroxylation is 1. The first-order valence-electron chi connectivity index (χ1n) is 9.41. The van der Waals surface area contributed by atoms with Crippen molar-refractivity contribution in [2.75, 3.05) is 6.61 Å². The van der Waals surface area contributed by atoms with E-state index in [0.717, 1.165) is 23.0 Å². The minimum atomic E-state index is -0.153. The Morgan fingerprint density at radius 1 is 1.23 bits per heavy atom. The third-order valence-corrected chi connectivity index (χ3v) is 3.90. The fraction of sp³-hybridized carbons (Fsp3) is 0.240. The summed E-state index contributed by atoms with van der Waals surface area (Å²) in [5.74, 6) is 7.04. The summed E-state index contributed by atoms with van der Waals surface area (Å²) in [6, 6.07) is 11.1. The average Bonchev–Trinajstić information content (AvgIpc) is 2.74. The van der Waals surface area contributed by atoms with Gasteiger partial charge in [-0.05, 0) is 42.8 Å². The lowest BCUT2D eigenvalue weighted by Crippen LogP contribution is -2.22. The van der Waals surface area contributed by atoms with Gasteiger partial charge in [0.1, 0.15) is 12.4 Å². The van der Waals surface area contributed by atoms with Crippen LogP contribution in [0.3, 0.4) is 0 Å². The van der Waals surface area contributed by atoms with Gasteiger partial charge in [0.05, 0.1) is 12.3 Å². The van der Waals surface area contributed by atoms with Gasteiger partial charge in [0.2, 0.25) is 0 Å². The molecule has 0 bridgehead atoms. The van der Waals surface area contributed by atoms with Crippen LogP contribution in [-0.4, -0.2) is 23.1 Å². The molecule has 1 aromatic heterocycles. The van der Waals surface area contributed by atoms with E-state index in [9.17, 15) is 4.79 Å². The summed E-state index contributed by atoms with van der Waals surface area (Å²) in [6.45, 7) is 6.49. The molecule has 1 aromatic carbocycles. The van der Waals surface area contributed by atoms with E-state index in [2.05, 4.69) is 38.5 Å². The SMILES string of the molecule is C#C.Cc1cc(OCC(=N)/C=C\C=N)cc(=O)n1Cc1ccc(C#CC(C)C)cc1. The van der Waals surface area contributed by atoms with Gasteiger partial charge >= 0.3 is 0 Å². The molecule has 2 rings (SSSR count). The molecule has 0 fully saturated rings. The van der Waals surface area contributed by atoms with Crippen molar-refractivity contribution in [1.82, 2.24) is 4.57 Å². The van der Waals surface area contributed by atoms with Gasteiger partial charge in [-0.2, -0.15) is 0 Å². The first-order chi connectivity index (χ1) is 14.4. The summed E-state index contributed by atoms with van der Waals surface area (Å²) in [7, 11) is 0. The minimum absolute atomic E-state index is 0.0477. The number of nitrogens with zero attached hydrogens (tertiary/aromatic N) is 1. The van der Waals surface area contributed by atoms with Crippen LogP contribution in [0.2, 0.25) is 0 Å². The highest BCUT2D eigenvalue weighted by Crippen LogP contribution is 2.12. The second kappa shape index (κ2) is 12.6. The van der Waals surface area contributed by atoms with E-state index in [-0.39, 0.29) is 17.9 Å². The molecule has 0 aliphatic rings. The number of ether oxygens (including phenoxy) is 1. The molecule has 1 heterocycles. The molecule has 154 valence electrons. The molecule has 0 aliphatic carbocycles. The van der Waals surface area contributed by atoms with Crippen LogP contribution >= 0.6 is 0 Å². The van der Waals surface area contributed by atoms with Gasteiger partial charge in [-0.15, -0.1) is 12.8 Å².